The molecule has 0 spiro atoms. The van der Waals surface area contributed by atoms with Gasteiger partial charge < -0.3 is 10.6 Å². The van der Waals surface area contributed by atoms with Gasteiger partial charge in [0.05, 0.1) is 0 Å². The predicted molar refractivity (Wildman–Crippen MR) is 60.8 cm³/mol. The summed E-state index contributed by atoms with van der Waals surface area (Å²) >= 11 is 5.15. The van der Waals surface area contributed by atoms with Crippen molar-refractivity contribution in [2.75, 3.05) is 6.54 Å². The fourth-order valence-electron chi connectivity index (χ4n) is 1.48. The summed E-state index contributed by atoms with van der Waals surface area (Å²) in [5.74, 6) is 0.974. The lowest BCUT2D eigenvalue weighted by molar-refractivity contribution is 0.508. The molecule has 0 heterocycles. The van der Waals surface area contributed by atoms with Gasteiger partial charge in [-0.15, -0.1) is 0 Å². The van der Waals surface area contributed by atoms with Crippen LogP contribution < -0.4 is 10.6 Å². The third-order valence-electron chi connectivity index (χ3n) is 2.48. The quantitative estimate of drug-likeness (QED) is 0.664. The molecule has 1 aliphatic rings. The summed E-state index contributed by atoms with van der Waals surface area (Å²) in [6.45, 7) is 5.19. The maximum atomic E-state index is 5.15. The van der Waals surface area contributed by atoms with Crippen molar-refractivity contribution in [3.8, 4) is 0 Å². The zero-order valence-electron chi connectivity index (χ0n) is 8.60. The Kier molecular flexibility index (Phi) is 4.50. The SMILES string of the molecule is CCNC(=S)NC(CC)CC1CC1. The molecule has 0 aromatic heterocycles. The molecule has 0 radical (unpaired) electrons. The maximum absolute atomic E-state index is 5.15. The van der Waals surface area contributed by atoms with Crippen molar-refractivity contribution in [2.24, 2.45) is 5.92 Å². The van der Waals surface area contributed by atoms with Crippen molar-refractivity contribution in [3.63, 3.8) is 0 Å². The smallest absolute Gasteiger partial charge is 0.166 e. The van der Waals surface area contributed by atoms with Gasteiger partial charge in [0.15, 0.2) is 5.11 Å². The van der Waals surface area contributed by atoms with Gasteiger partial charge >= 0.3 is 0 Å². The van der Waals surface area contributed by atoms with Crippen LogP contribution in [0, 0.1) is 5.92 Å². The van der Waals surface area contributed by atoms with Crippen LogP contribution in [0.2, 0.25) is 0 Å². The highest BCUT2D eigenvalue weighted by Gasteiger charge is 2.24. The summed E-state index contributed by atoms with van der Waals surface area (Å²) in [5, 5.41) is 7.30. The molecular weight excluding hydrogens is 180 g/mol. The summed E-state index contributed by atoms with van der Waals surface area (Å²) in [4.78, 5) is 0. The largest absolute Gasteiger partial charge is 0.363 e. The lowest BCUT2D eigenvalue weighted by Gasteiger charge is -2.18. The molecule has 0 aliphatic heterocycles. The van der Waals surface area contributed by atoms with Gasteiger partial charge in [0.1, 0.15) is 0 Å². The van der Waals surface area contributed by atoms with E-state index in [9.17, 15) is 0 Å². The zero-order valence-corrected chi connectivity index (χ0v) is 9.41. The molecule has 13 heavy (non-hydrogen) atoms. The van der Waals surface area contributed by atoms with E-state index in [0.717, 1.165) is 17.6 Å². The van der Waals surface area contributed by atoms with E-state index in [2.05, 4.69) is 24.5 Å². The van der Waals surface area contributed by atoms with Gasteiger partial charge in [-0.05, 0) is 37.9 Å². The second-order valence-electron chi connectivity index (χ2n) is 3.79. The lowest BCUT2D eigenvalue weighted by Crippen LogP contribution is -2.41. The Labute approximate surface area is 86.5 Å². The predicted octanol–water partition coefficient (Wildman–Crippen LogP) is 2.05. The highest BCUT2D eigenvalue weighted by molar-refractivity contribution is 7.80. The van der Waals surface area contributed by atoms with Crippen LogP contribution in [0.5, 0.6) is 0 Å². The highest BCUT2D eigenvalue weighted by atomic mass is 32.1. The molecule has 1 atom stereocenters. The minimum absolute atomic E-state index is 0.582. The van der Waals surface area contributed by atoms with Crippen LogP contribution in [-0.2, 0) is 0 Å². The second kappa shape index (κ2) is 5.43. The van der Waals surface area contributed by atoms with Crippen molar-refractivity contribution in [3.05, 3.63) is 0 Å². The Morgan fingerprint density at radius 3 is 2.62 bits per heavy atom. The fourth-order valence-corrected chi connectivity index (χ4v) is 1.79. The molecule has 0 amide bonds. The van der Waals surface area contributed by atoms with Gasteiger partial charge in [0, 0.05) is 12.6 Å². The molecule has 3 heteroatoms. The van der Waals surface area contributed by atoms with E-state index in [1.54, 1.807) is 0 Å². The van der Waals surface area contributed by atoms with Crippen molar-refractivity contribution in [2.45, 2.75) is 45.6 Å². The Balaban J connectivity index is 2.17. The normalized spacial score (nSPS) is 18.0. The number of hydrogen-bond donors (Lipinski definition) is 2. The zero-order chi connectivity index (χ0) is 9.68. The van der Waals surface area contributed by atoms with Crippen LogP contribution >= 0.6 is 12.2 Å². The number of thiocarbonyl (C=S) groups is 1. The van der Waals surface area contributed by atoms with Crippen LogP contribution in [0.3, 0.4) is 0 Å². The Morgan fingerprint density at radius 1 is 1.46 bits per heavy atom. The van der Waals surface area contributed by atoms with Gasteiger partial charge in [-0.25, -0.2) is 0 Å². The standard InChI is InChI=1S/C10H20N2S/c1-3-9(7-8-5-6-8)12-10(13)11-4-2/h8-9H,3-7H2,1-2H3,(H2,11,12,13). The average Bonchev–Trinajstić information content (AvgIpc) is 2.87. The lowest BCUT2D eigenvalue weighted by atomic mass is 10.1. The topological polar surface area (TPSA) is 24.1 Å². The van der Waals surface area contributed by atoms with E-state index in [1.165, 1.54) is 25.7 Å². The van der Waals surface area contributed by atoms with Crippen molar-refractivity contribution >= 4 is 17.3 Å². The van der Waals surface area contributed by atoms with Crippen LogP contribution in [-0.4, -0.2) is 17.7 Å². The van der Waals surface area contributed by atoms with Gasteiger partial charge in [-0.3, -0.25) is 0 Å². The Bertz CT molecular complexity index is 166. The number of hydrogen-bond acceptors (Lipinski definition) is 1. The number of nitrogens with one attached hydrogen (secondary N) is 2. The molecule has 0 aromatic rings. The molecule has 1 unspecified atom stereocenters. The summed E-state index contributed by atoms with van der Waals surface area (Å²) in [7, 11) is 0. The third kappa shape index (κ3) is 4.46. The molecule has 2 N–H and O–H groups in total. The Hall–Kier alpha value is -0.310. The monoisotopic (exact) mass is 200 g/mol. The summed E-state index contributed by atoms with van der Waals surface area (Å²) in [5.41, 5.74) is 0. The fraction of sp³-hybridized carbons (Fsp3) is 0.900. The Morgan fingerprint density at radius 2 is 2.15 bits per heavy atom. The first kappa shape index (κ1) is 10.8. The van der Waals surface area contributed by atoms with Crippen molar-refractivity contribution in [1.29, 1.82) is 0 Å². The van der Waals surface area contributed by atoms with E-state index in [0.29, 0.717) is 6.04 Å². The maximum Gasteiger partial charge on any atom is 0.166 e. The third-order valence-corrected chi connectivity index (χ3v) is 2.74. The van der Waals surface area contributed by atoms with Crippen LogP contribution in [0.25, 0.3) is 0 Å². The first-order chi connectivity index (χ1) is 6.26. The van der Waals surface area contributed by atoms with Gasteiger partial charge in [0.2, 0.25) is 0 Å². The molecule has 76 valence electrons. The first-order valence-corrected chi connectivity index (χ1v) is 5.71. The van der Waals surface area contributed by atoms with Gasteiger partial charge in [-0.2, -0.15) is 0 Å². The molecule has 0 bridgehead atoms. The van der Waals surface area contributed by atoms with Gasteiger partial charge in [0.25, 0.3) is 0 Å². The molecule has 1 aliphatic carbocycles. The van der Waals surface area contributed by atoms with Crippen molar-refractivity contribution in [1.82, 2.24) is 10.6 Å². The molecular formula is C10H20N2S. The molecule has 2 nitrogen and oxygen atoms in total. The minimum Gasteiger partial charge on any atom is -0.363 e. The van der Waals surface area contributed by atoms with E-state index >= 15 is 0 Å². The summed E-state index contributed by atoms with van der Waals surface area (Å²) < 4.78 is 0. The average molecular weight is 200 g/mol. The molecule has 1 rings (SSSR count). The van der Waals surface area contributed by atoms with E-state index in [-0.39, 0.29) is 0 Å². The van der Waals surface area contributed by atoms with E-state index < -0.39 is 0 Å². The van der Waals surface area contributed by atoms with Crippen molar-refractivity contribution < 1.29 is 0 Å². The second-order valence-corrected chi connectivity index (χ2v) is 4.20. The summed E-state index contributed by atoms with van der Waals surface area (Å²) in [6.07, 6.45) is 5.31. The molecule has 0 saturated heterocycles. The molecule has 1 saturated carbocycles. The van der Waals surface area contributed by atoms with E-state index in [1.807, 2.05) is 0 Å². The first-order valence-electron chi connectivity index (χ1n) is 5.30. The van der Waals surface area contributed by atoms with E-state index in [4.69, 9.17) is 12.2 Å². The molecule has 0 aromatic carbocycles. The minimum atomic E-state index is 0.582. The van der Waals surface area contributed by atoms with Gasteiger partial charge in [-0.1, -0.05) is 19.8 Å². The highest BCUT2D eigenvalue weighted by Crippen LogP contribution is 2.33. The number of rotatable bonds is 5. The summed E-state index contributed by atoms with van der Waals surface area (Å²) in [6, 6.07) is 0.582. The van der Waals surface area contributed by atoms with Crippen LogP contribution in [0.1, 0.15) is 39.5 Å². The van der Waals surface area contributed by atoms with Crippen LogP contribution in [0.15, 0.2) is 0 Å². The molecule has 1 fully saturated rings. The van der Waals surface area contributed by atoms with Crippen LogP contribution in [0.4, 0.5) is 0 Å².